The maximum Gasteiger partial charge on any atom is 0.142 e. The van der Waals surface area contributed by atoms with Crippen LogP contribution in [0.4, 0.5) is 8.78 Å². The molecular weight excluding hydrogens is 362 g/mol. The summed E-state index contributed by atoms with van der Waals surface area (Å²) in [4.78, 5) is 0. The highest BCUT2D eigenvalue weighted by Crippen LogP contribution is 2.38. The van der Waals surface area contributed by atoms with E-state index in [1.807, 2.05) is 6.08 Å². The van der Waals surface area contributed by atoms with Gasteiger partial charge in [0.15, 0.2) is 0 Å². The average molecular weight is 399 g/mol. The third-order valence-corrected chi connectivity index (χ3v) is 7.23. The van der Waals surface area contributed by atoms with E-state index in [2.05, 4.69) is 25.3 Å². The Balaban J connectivity index is 1.59. The van der Waals surface area contributed by atoms with Crippen molar-refractivity contribution in [2.75, 3.05) is 0 Å². The van der Waals surface area contributed by atoms with Gasteiger partial charge in [-0.15, -0.1) is 6.58 Å². The zero-order valence-corrected chi connectivity index (χ0v) is 18.0. The summed E-state index contributed by atoms with van der Waals surface area (Å²) >= 11 is 0. The summed E-state index contributed by atoms with van der Waals surface area (Å²) in [5, 5.41) is 0. The summed E-state index contributed by atoms with van der Waals surface area (Å²) < 4.78 is 29.3. The third kappa shape index (κ3) is 6.18. The molecule has 0 unspecified atom stereocenters. The Kier molecular flexibility index (Phi) is 8.34. The van der Waals surface area contributed by atoms with E-state index >= 15 is 0 Å². The van der Waals surface area contributed by atoms with E-state index in [9.17, 15) is 8.78 Å². The minimum Gasteiger partial charge on any atom is -0.206 e. The number of allylic oxidation sites excluding steroid dienone is 1. The van der Waals surface area contributed by atoms with E-state index in [-0.39, 0.29) is 17.4 Å². The first-order valence-corrected chi connectivity index (χ1v) is 11.7. The minimum absolute atomic E-state index is 0.0375. The molecule has 0 spiro atoms. The summed E-state index contributed by atoms with van der Waals surface area (Å²) in [5.41, 5.74) is 0.781. The van der Waals surface area contributed by atoms with Gasteiger partial charge in [0.05, 0.1) is 5.56 Å². The maximum atomic E-state index is 14.7. The number of halogens is 2. The van der Waals surface area contributed by atoms with Gasteiger partial charge in [0.25, 0.3) is 0 Å². The Hall–Kier alpha value is -1.62. The van der Waals surface area contributed by atoms with Crippen LogP contribution in [0.1, 0.15) is 101 Å². The lowest BCUT2D eigenvalue weighted by Crippen LogP contribution is -2.14. The van der Waals surface area contributed by atoms with E-state index < -0.39 is 11.6 Å². The Morgan fingerprint density at radius 2 is 1.59 bits per heavy atom. The predicted molar refractivity (Wildman–Crippen MR) is 118 cm³/mol. The summed E-state index contributed by atoms with van der Waals surface area (Å²) in [6.45, 7) is 6.02. The second-order valence-corrected chi connectivity index (χ2v) is 9.19. The van der Waals surface area contributed by atoms with Gasteiger partial charge in [0.1, 0.15) is 11.6 Å². The first kappa shape index (κ1) is 22.1. The molecule has 0 heterocycles. The fourth-order valence-corrected chi connectivity index (χ4v) is 5.17. The zero-order valence-electron chi connectivity index (χ0n) is 18.0. The van der Waals surface area contributed by atoms with E-state index in [0.29, 0.717) is 0 Å². The van der Waals surface area contributed by atoms with E-state index in [4.69, 9.17) is 0 Å². The van der Waals surface area contributed by atoms with Crippen molar-refractivity contribution in [3.63, 3.8) is 0 Å². The van der Waals surface area contributed by atoms with Gasteiger partial charge < -0.3 is 0 Å². The quantitative estimate of drug-likeness (QED) is 0.257. The molecule has 0 aliphatic heterocycles. The fraction of sp³-hybridized carbons (Fsp3) is 0.630. The summed E-state index contributed by atoms with van der Waals surface area (Å²) in [6.07, 6.45) is 15.6. The molecule has 0 amide bonds. The van der Waals surface area contributed by atoms with Gasteiger partial charge in [0, 0.05) is 5.92 Å². The fourth-order valence-electron chi connectivity index (χ4n) is 5.17. The Morgan fingerprint density at radius 1 is 0.966 bits per heavy atom. The van der Waals surface area contributed by atoms with Gasteiger partial charge in [-0.3, -0.25) is 0 Å². The minimum atomic E-state index is -0.483. The van der Waals surface area contributed by atoms with Gasteiger partial charge in [-0.2, -0.15) is 0 Å². The molecule has 2 fully saturated rings. The van der Waals surface area contributed by atoms with Crippen LogP contribution in [0, 0.1) is 41.2 Å². The van der Waals surface area contributed by atoms with E-state index in [1.165, 1.54) is 32.1 Å². The first-order valence-electron chi connectivity index (χ1n) is 11.7. The van der Waals surface area contributed by atoms with Crippen LogP contribution >= 0.6 is 0 Å². The largest absolute Gasteiger partial charge is 0.206 e. The normalized spacial score (nSPS) is 27.1. The van der Waals surface area contributed by atoms with Gasteiger partial charge in [-0.1, -0.05) is 37.7 Å². The molecule has 0 N–H and O–H groups in total. The molecule has 0 aromatic heterocycles. The highest BCUT2D eigenvalue weighted by molar-refractivity contribution is 5.40. The number of rotatable bonds is 6. The highest BCUT2D eigenvalue weighted by atomic mass is 19.1. The predicted octanol–water partition coefficient (Wildman–Crippen LogP) is 8.16. The number of hydrogen-bond acceptors (Lipinski definition) is 0. The van der Waals surface area contributed by atoms with Gasteiger partial charge in [-0.25, -0.2) is 8.78 Å². The third-order valence-electron chi connectivity index (χ3n) is 7.23. The van der Waals surface area contributed by atoms with Crippen molar-refractivity contribution < 1.29 is 8.78 Å². The van der Waals surface area contributed by atoms with Crippen LogP contribution in [0.25, 0.3) is 0 Å². The molecule has 29 heavy (non-hydrogen) atoms. The van der Waals surface area contributed by atoms with Crippen LogP contribution in [0.5, 0.6) is 0 Å². The van der Waals surface area contributed by atoms with Crippen molar-refractivity contribution in [3.8, 4) is 11.8 Å². The molecule has 0 radical (unpaired) electrons. The second-order valence-electron chi connectivity index (χ2n) is 9.19. The topological polar surface area (TPSA) is 0 Å². The highest BCUT2D eigenvalue weighted by Gasteiger charge is 2.24. The van der Waals surface area contributed by atoms with Crippen molar-refractivity contribution in [1.29, 1.82) is 0 Å². The summed E-state index contributed by atoms with van der Waals surface area (Å²) in [7, 11) is 0. The first-order chi connectivity index (χ1) is 14.1. The van der Waals surface area contributed by atoms with Crippen LogP contribution in [0.3, 0.4) is 0 Å². The molecule has 158 valence electrons. The molecule has 1 aromatic rings. The summed E-state index contributed by atoms with van der Waals surface area (Å²) in [6, 6.07) is 3.09. The molecule has 2 aliphatic rings. The molecular formula is C27H36F2. The monoisotopic (exact) mass is 398 g/mol. The second kappa shape index (κ2) is 11.0. The molecule has 2 aliphatic carbocycles. The van der Waals surface area contributed by atoms with Gasteiger partial charge in [-0.05, 0) is 99.7 Å². The zero-order chi connectivity index (χ0) is 20.6. The average Bonchev–Trinajstić information content (AvgIpc) is 2.74. The Labute approximate surface area is 176 Å². The van der Waals surface area contributed by atoms with Gasteiger partial charge >= 0.3 is 0 Å². The number of hydrogen-bond donors (Lipinski definition) is 0. The lowest BCUT2D eigenvalue weighted by atomic mass is 9.77. The van der Waals surface area contributed by atoms with Gasteiger partial charge in [0.2, 0.25) is 0 Å². The Bertz CT molecular complexity index is 700. The van der Waals surface area contributed by atoms with Crippen molar-refractivity contribution in [1.82, 2.24) is 0 Å². The SMILES string of the molecule is C=CCCC[C@H]1CC[C@H](c2cc(F)c(C#CC3CCC(CC)CC3)c(F)c2)CC1. The molecule has 0 atom stereocenters. The number of benzene rings is 1. The van der Waals surface area contributed by atoms with E-state index in [1.54, 1.807) is 12.1 Å². The smallest absolute Gasteiger partial charge is 0.142 e. The van der Waals surface area contributed by atoms with Crippen LogP contribution in [-0.2, 0) is 0 Å². The van der Waals surface area contributed by atoms with Crippen LogP contribution in [-0.4, -0.2) is 0 Å². The molecule has 2 saturated carbocycles. The molecule has 1 aromatic carbocycles. The van der Waals surface area contributed by atoms with Crippen LogP contribution < -0.4 is 0 Å². The van der Waals surface area contributed by atoms with Crippen molar-refractivity contribution in [2.45, 2.75) is 89.9 Å². The molecule has 0 bridgehead atoms. The molecule has 0 nitrogen and oxygen atoms in total. The van der Waals surface area contributed by atoms with Crippen molar-refractivity contribution >= 4 is 0 Å². The van der Waals surface area contributed by atoms with Crippen LogP contribution in [0.15, 0.2) is 24.8 Å². The lowest BCUT2D eigenvalue weighted by molar-refractivity contribution is 0.305. The number of unbranched alkanes of at least 4 members (excludes halogenated alkanes) is 1. The van der Waals surface area contributed by atoms with E-state index in [0.717, 1.165) is 62.3 Å². The summed E-state index contributed by atoms with van der Waals surface area (Å²) in [5.74, 6) is 7.16. The molecule has 0 saturated heterocycles. The molecule has 2 heteroatoms. The standard InChI is InChI=1S/C27H36F2/c1-3-5-6-7-21-12-15-23(16-13-21)24-18-26(28)25(27(29)19-24)17-14-22-10-8-20(4-2)9-11-22/h3,18-23H,1,4-13,15-16H2,2H3/t20?,21-,22?,23-. The Morgan fingerprint density at radius 3 is 2.17 bits per heavy atom. The lowest BCUT2D eigenvalue weighted by Gasteiger charge is -2.29. The van der Waals surface area contributed by atoms with Crippen molar-refractivity contribution in [3.05, 3.63) is 47.5 Å². The molecule has 3 rings (SSSR count). The van der Waals surface area contributed by atoms with Crippen LogP contribution in [0.2, 0.25) is 0 Å². The maximum absolute atomic E-state index is 14.7. The van der Waals surface area contributed by atoms with Crippen molar-refractivity contribution in [2.24, 2.45) is 17.8 Å².